The SMILES string of the molecule is Cc1cccc(-c2nc(-c3ccncc3)cs2)c1. The molecule has 0 spiro atoms. The molecule has 0 atom stereocenters. The van der Waals surface area contributed by atoms with E-state index in [1.165, 1.54) is 11.1 Å². The average molecular weight is 252 g/mol. The predicted octanol–water partition coefficient (Wildman–Crippen LogP) is 4.18. The van der Waals surface area contributed by atoms with Crippen molar-refractivity contribution in [1.82, 2.24) is 9.97 Å². The van der Waals surface area contributed by atoms with Gasteiger partial charge in [0.15, 0.2) is 0 Å². The minimum Gasteiger partial charge on any atom is -0.265 e. The van der Waals surface area contributed by atoms with Gasteiger partial charge < -0.3 is 0 Å². The van der Waals surface area contributed by atoms with E-state index in [1.807, 2.05) is 12.1 Å². The highest BCUT2D eigenvalue weighted by Crippen LogP contribution is 2.28. The Morgan fingerprint density at radius 3 is 2.61 bits per heavy atom. The van der Waals surface area contributed by atoms with E-state index in [-0.39, 0.29) is 0 Å². The van der Waals surface area contributed by atoms with Gasteiger partial charge in [-0.1, -0.05) is 23.8 Å². The molecule has 0 aliphatic rings. The molecule has 0 saturated heterocycles. The number of aromatic nitrogens is 2. The monoisotopic (exact) mass is 252 g/mol. The van der Waals surface area contributed by atoms with Gasteiger partial charge in [0, 0.05) is 28.9 Å². The summed E-state index contributed by atoms with van der Waals surface area (Å²) in [7, 11) is 0. The number of rotatable bonds is 2. The van der Waals surface area contributed by atoms with Crippen molar-refractivity contribution in [3.8, 4) is 21.8 Å². The minimum absolute atomic E-state index is 1.01. The molecule has 0 aliphatic heterocycles. The number of hydrogen-bond acceptors (Lipinski definition) is 3. The Kier molecular flexibility index (Phi) is 2.90. The van der Waals surface area contributed by atoms with Gasteiger partial charge in [0.2, 0.25) is 0 Å². The Labute approximate surface area is 110 Å². The Balaban J connectivity index is 2.00. The number of benzene rings is 1. The first kappa shape index (κ1) is 11.1. The van der Waals surface area contributed by atoms with Gasteiger partial charge >= 0.3 is 0 Å². The number of hydrogen-bond donors (Lipinski definition) is 0. The molecule has 3 aromatic rings. The van der Waals surface area contributed by atoms with E-state index in [9.17, 15) is 0 Å². The Hall–Kier alpha value is -2.00. The van der Waals surface area contributed by atoms with Crippen LogP contribution < -0.4 is 0 Å². The third-order valence-corrected chi connectivity index (χ3v) is 3.64. The maximum absolute atomic E-state index is 4.68. The highest BCUT2D eigenvalue weighted by atomic mass is 32.1. The topological polar surface area (TPSA) is 25.8 Å². The van der Waals surface area contributed by atoms with Crippen molar-refractivity contribution in [2.45, 2.75) is 6.92 Å². The summed E-state index contributed by atoms with van der Waals surface area (Å²) in [6, 6.07) is 12.4. The zero-order chi connectivity index (χ0) is 12.4. The second kappa shape index (κ2) is 4.70. The van der Waals surface area contributed by atoms with Crippen LogP contribution in [-0.4, -0.2) is 9.97 Å². The summed E-state index contributed by atoms with van der Waals surface area (Å²) >= 11 is 1.67. The van der Waals surface area contributed by atoms with E-state index in [2.05, 4.69) is 46.5 Å². The van der Waals surface area contributed by atoms with Gasteiger partial charge in [0.1, 0.15) is 5.01 Å². The van der Waals surface area contributed by atoms with Crippen LogP contribution >= 0.6 is 11.3 Å². The smallest absolute Gasteiger partial charge is 0.124 e. The molecule has 0 bridgehead atoms. The molecule has 0 aliphatic carbocycles. The van der Waals surface area contributed by atoms with Gasteiger partial charge in [-0.3, -0.25) is 4.98 Å². The molecule has 0 radical (unpaired) electrons. The number of pyridine rings is 1. The fourth-order valence-corrected chi connectivity index (χ4v) is 2.67. The molecule has 88 valence electrons. The summed E-state index contributed by atoms with van der Waals surface area (Å²) in [6.45, 7) is 2.10. The van der Waals surface area contributed by atoms with Crippen LogP contribution in [0.5, 0.6) is 0 Å². The van der Waals surface area contributed by atoms with Gasteiger partial charge in [0.25, 0.3) is 0 Å². The molecule has 0 N–H and O–H groups in total. The number of thiazole rings is 1. The predicted molar refractivity (Wildman–Crippen MR) is 75.5 cm³/mol. The summed E-state index contributed by atoms with van der Waals surface area (Å²) in [5.41, 5.74) is 4.56. The van der Waals surface area contributed by atoms with Crippen molar-refractivity contribution >= 4 is 11.3 Å². The summed E-state index contributed by atoms with van der Waals surface area (Å²) in [4.78, 5) is 8.71. The first-order chi connectivity index (χ1) is 8.83. The van der Waals surface area contributed by atoms with Crippen molar-refractivity contribution in [3.63, 3.8) is 0 Å². The lowest BCUT2D eigenvalue weighted by Crippen LogP contribution is -1.80. The molecule has 2 nitrogen and oxygen atoms in total. The lowest BCUT2D eigenvalue weighted by molar-refractivity contribution is 1.31. The zero-order valence-electron chi connectivity index (χ0n) is 10.00. The lowest BCUT2D eigenvalue weighted by Gasteiger charge is -1.98. The van der Waals surface area contributed by atoms with Crippen LogP contribution in [0.3, 0.4) is 0 Å². The van der Waals surface area contributed by atoms with E-state index in [0.717, 1.165) is 16.3 Å². The van der Waals surface area contributed by atoms with Crippen LogP contribution in [-0.2, 0) is 0 Å². The molecular formula is C15H12N2S. The third kappa shape index (κ3) is 2.17. The fraction of sp³-hybridized carbons (Fsp3) is 0.0667. The lowest BCUT2D eigenvalue weighted by atomic mass is 10.1. The van der Waals surface area contributed by atoms with Crippen LogP contribution in [0.4, 0.5) is 0 Å². The van der Waals surface area contributed by atoms with Crippen LogP contribution in [0, 0.1) is 6.92 Å². The van der Waals surface area contributed by atoms with Crippen molar-refractivity contribution in [2.75, 3.05) is 0 Å². The van der Waals surface area contributed by atoms with E-state index >= 15 is 0 Å². The normalized spacial score (nSPS) is 10.5. The van der Waals surface area contributed by atoms with Crippen molar-refractivity contribution in [2.24, 2.45) is 0 Å². The molecule has 0 saturated carbocycles. The van der Waals surface area contributed by atoms with Crippen LogP contribution in [0.25, 0.3) is 21.8 Å². The molecule has 0 fully saturated rings. The second-order valence-corrected chi connectivity index (χ2v) is 5.00. The fourth-order valence-electron chi connectivity index (χ4n) is 1.84. The standard InChI is InChI=1S/C15H12N2S/c1-11-3-2-4-13(9-11)15-17-14(10-18-15)12-5-7-16-8-6-12/h2-10H,1H3. The summed E-state index contributed by atoms with van der Waals surface area (Å²) < 4.78 is 0. The van der Waals surface area contributed by atoms with Gasteiger partial charge in [0.05, 0.1) is 5.69 Å². The van der Waals surface area contributed by atoms with Crippen LogP contribution in [0.2, 0.25) is 0 Å². The Morgan fingerprint density at radius 1 is 1.00 bits per heavy atom. The minimum atomic E-state index is 1.01. The highest BCUT2D eigenvalue weighted by Gasteiger charge is 2.06. The second-order valence-electron chi connectivity index (χ2n) is 4.14. The molecule has 0 unspecified atom stereocenters. The van der Waals surface area contributed by atoms with Gasteiger partial charge in [-0.2, -0.15) is 0 Å². The van der Waals surface area contributed by atoms with Gasteiger partial charge in [-0.25, -0.2) is 4.98 Å². The largest absolute Gasteiger partial charge is 0.265 e. The molecule has 3 heteroatoms. The molecule has 18 heavy (non-hydrogen) atoms. The molecular weight excluding hydrogens is 240 g/mol. The molecule has 2 heterocycles. The van der Waals surface area contributed by atoms with Crippen molar-refractivity contribution in [1.29, 1.82) is 0 Å². The molecule has 1 aromatic carbocycles. The Bertz CT molecular complexity index is 659. The van der Waals surface area contributed by atoms with E-state index in [4.69, 9.17) is 0 Å². The average Bonchev–Trinajstić information content (AvgIpc) is 2.89. The number of nitrogens with zero attached hydrogens (tertiary/aromatic N) is 2. The molecule has 0 amide bonds. The quantitative estimate of drug-likeness (QED) is 0.683. The van der Waals surface area contributed by atoms with Gasteiger partial charge in [-0.15, -0.1) is 11.3 Å². The first-order valence-corrected chi connectivity index (χ1v) is 6.64. The van der Waals surface area contributed by atoms with Crippen molar-refractivity contribution in [3.05, 3.63) is 59.7 Å². The summed E-state index contributed by atoms with van der Waals surface area (Å²) in [5, 5.41) is 3.15. The first-order valence-electron chi connectivity index (χ1n) is 5.76. The third-order valence-electron chi connectivity index (χ3n) is 2.75. The summed E-state index contributed by atoms with van der Waals surface area (Å²) in [6.07, 6.45) is 3.59. The summed E-state index contributed by atoms with van der Waals surface area (Å²) in [5.74, 6) is 0. The van der Waals surface area contributed by atoms with E-state index in [0.29, 0.717) is 0 Å². The zero-order valence-corrected chi connectivity index (χ0v) is 10.8. The van der Waals surface area contributed by atoms with E-state index in [1.54, 1.807) is 23.7 Å². The maximum atomic E-state index is 4.68. The highest BCUT2D eigenvalue weighted by molar-refractivity contribution is 7.13. The number of aryl methyl sites for hydroxylation is 1. The maximum Gasteiger partial charge on any atom is 0.124 e. The molecule has 2 aromatic heterocycles. The van der Waals surface area contributed by atoms with Gasteiger partial charge in [-0.05, 0) is 25.1 Å². The van der Waals surface area contributed by atoms with E-state index < -0.39 is 0 Å². The Morgan fingerprint density at radius 2 is 1.83 bits per heavy atom. The van der Waals surface area contributed by atoms with Crippen molar-refractivity contribution < 1.29 is 0 Å². The van der Waals surface area contributed by atoms with Crippen LogP contribution in [0.15, 0.2) is 54.2 Å². The van der Waals surface area contributed by atoms with Crippen LogP contribution in [0.1, 0.15) is 5.56 Å². The molecule has 3 rings (SSSR count).